The second-order valence-electron chi connectivity index (χ2n) is 6.91. The van der Waals surface area contributed by atoms with E-state index in [1.54, 1.807) is 6.92 Å². The molecule has 1 heterocycles. The number of hydrogen-bond acceptors (Lipinski definition) is 7. The lowest BCUT2D eigenvalue weighted by atomic mass is 9.97. The Bertz CT molecular complexity index is 667. The van der Waals surface area contributed by atoms with E-state index in [4.69, 9.17) is 19.7 Å². The summed E-state index contributed by atoms with van der Waals surface area (Å²) in [6, 6.07) is 8.79. The topological polar surface area (TPSA) is 123 Å². The highest BCUT2D eigenvalue weighted by atomic mass is 16.7. The van der Waals surface area contributed by atoms with Crippen molar-refractivity contribution in [3.63, 3.8) is 0 Å². The monoisotopic (exact) mass is 407 g/mol. The van der Waals surface area contributed by atoms with Gasteiger partial charge in [0, 0.05) is 17.9 Å². The summed E-state index contributed by atoms with van der Waals surface area (Å²) in [5.74, 6) is -0.225. The standard InChI is InChI=1S/C20H29N3O6/c1-14-17(22-23-21)18(25)19(28-13-15-9-5-3-6-10-15)20(29-14)27-12-8-4-7-11-16(24)26-2/h3,5-6,9-10,14,17-20,25H,4,7-8,11-13H2,1-2H3/t14?,17-,18+,19?,20+/m1/s1. The number of carbonyl (C=O) groups is 1. The van der Waals surface area contributed by atoms with Crippen LogP contribution in [0.4, 0.5) is 0 Å². The van der Waals surface area contributed by atoms with E-state index in [1.807, 2.05) is 30.3 Å². The molecular weight excluding hydrogens is 378 g/mol. The molecule has 0 saturated carbocycles. The number of ether oxygens (including phenoxy) is 4. The first-order valence-electron chi connectivity index (χ1n) is 9.78. The van der Waals surface area contributed by atoms with Crippen LogP contribution < -0.4 is 0 Å². The van der Waals surface area contributed by atoms with E-state index in [9.17, 15) is 9.90 Å². The molecule has 1 aliphatic heterocycles. The Labute approximate surface area is 170 Å². The molecule has 9 nitrogen and oxygen atoms in total. The van der Waals surface area contributed by atoms with Crippen molar-refractivity contribution in [2.24, 2.45) is 5.11 Å². The smallest absolute Gasteiger partial charge is 0.305 e. The molecule has 29 heavy (non-hydrogen) atoms. The van der Waals surface area contributed by atoms with Gasteiger partial charge in [0.1, 0.15) is 6.10 Å². The van der Waals surface area contributed by atoms with Gasteiger partial charge in [-0.05, 0) is 30.9 Å². The lowest BCUT2D eigenvalue weighted by molar-refractivity contribution is -0.282. The molecule has 1 N–H and O–H groups in total. The Morgan fingerprint density at radius 2 is 2.00 bits per heavy atom. The molecule has 2 unspecified atom stereocenters. The fraction of sp³-hybridized carbons (Fsp3) is 0.650. The van der Waals surface area contributed by atoms with Gasteiger partial charge in [-0.3, -0.25) is 4.79 Å². The number of unbranched alkanes of at least 4 members (excludes halogenated alkanes) is 2. The number of carbonyl (C=O) groups excluding carboxylic acids is 1. The predicted octanol–water partition coefficient (Wildman–Crippen LogP) is 3.11. The third kappa shape index (κ3) is 7.30. The molecule has 1 aliphatic rings. The van der Waals surface area contributed by atoms with Crippen molar-refractivity contribution in [2.75, 3.05) is 13.7 Å². The molecule has 2 rings (SSSR count). The van der Waals surface area contributed by atoms with Gasteiger partial charge < -0.3 is 24.1 Å². The first-order valence-corrected chi connectivity index (χ1v) is 9.78. The molecule has 1 aromatic rings. The largest absolute Gasteiger partial charge is 0.469 e. The van der Waals surface area contributed by atoms with Crippen molar-refractivity contribution in [1.29, 1.82) is 0 Å². The average molecular weight is 407 g/mol. The Morgan fingerprint density at radius 1 is 1.24 bits per heavy atom. The van der Waals surface area contributed by atoms with E-state index < -0.39 is 30.6 Å². The Balaban J connectivity index is 1.91. The first kappa shape index (κ1) is 23.1. The van der Waals surface area contributed by atoms with Crippen LogP contribution in [0.15, 0.2) is 35.4 Å². The molecule has 1 aromatic carbocycles. The van der Waals surface area contributed by atoms with Crippen LogP contribution >= 0.6 is 0 Å². The van der Waals surface area contributed by atoms with Crippen LogP contribution in [0.25, 0.3) is 10.4 Å². The number of hydrogen-bond donors (Lipinski definition) is 1. The van der Waals surface area contributed by atoms with Crippen LogP contribution in [-0.4, -0.2) is 55.4 Å². The summed E-state index contributed by atoms with van der Waals surface area (Å²) >= 11 is 0. The van der Waals surface area contributed by atoms with E-state index in [1.165, 1.54) is 7.11 Å². The maximum Gasteiger partial charge on any atom is 0.305 e. The molecule has 160 valence electrons. The zero-order valence-corrected chi connectivity index (χ0v) is 16.8. The predicted molar refractivity (Wildman–Crippen MR) is 105 cm³/mol. The van der Waals surface area contributed by atoms with Crippen LogP contribution in [0.1, 0.15) is 38.2 Å². The van der Waals surface area contributed by atoms with Crippen molar-refractivity contribution >= 4 is 5.97 Å². The summed E-state index contributed by atoms with van der Waals surface area (Å²) in [5, 5.41) is 14.4. The van der Waals surface area contributed by atoms with Crippen LogP contribution in [0.3, 0.4) is 0 Å². The van der Waals surface area contributed by atoms with E-state index in [2.05, 4.69) is 14.8 Å². The molecular formula is C20H29N3O6. The van der Waals surface area contributed by atoms with Gasteiger partial charge in [-0.2, -0.15) is 0 Å². The van der Waals surface area contributed by atoms with Crippen LogP contribution in [0.2, 0.25) is 0 Å². The van der Waals surface area contributed by atoms with E-state index in [-0.39, 0.29) is 12.6 Å². The first-order chi connectivity index (χ1) is 14.1. The lowest BCUT2D eigenvalue weighted by Crippen LogP contribution is -2.57. The van der Waals surface area contributed by atoms with Gasteiger partial charge in [0.2, 0.25) is 0 Å². The fourth-order valence-electron chi connectivity index (χ4n) is 3.15. The van der Waals surface area contributed by atoms with Crippen LogP contribution in [0, 0.1) is 0 Å². The maximum atomic E-state index is 11.1. The van der Waals surface area contributed by atoms with Crippen molar-refractivity contribution in [2.45, 2.75) is 69.9 Å². The van der Waals surface area contributed by atoms with Gasteiger partial charge in [-0.25, -0.2) is 0 Å². The Hall–Kier alpha value is -2.16. The number of methoxy groups -OCH3 is 1. The number of benzene rings is 1. The van der Waals surface area contributed by atoms with Gasteiger partial charge >= 0.3 is 5.97 Å². The Kier molecular flexibility index (Phi) is 9.90. The van der Waals surface area contributed by atoms with Crippen molar-refractivity contribution in [3.8, 4) is 0 Å². The molecule has 1 fully saturated rings. The van der Waals surface area contributed by atoms with Gasteiger partial charge in [0.15, 0.2) is 6.29 Å². The summed E-state index contributed by atoms with van der Waals surface area (Å²) in [6.07, 6.45) is -0.518. The van der Waals surface area contributed by atoms with Gasteiger partial charge in [-0.15, -0.1) is 0 Å². The fourth-order valence-corrected chi connectivity index (χ4v) is 3.15. The minimum Gasteiger partial charge on any atom is -0.469 e. The average Bonchev–Trinajstić information content (AvgIpc) is 2.73. The highest BCUT2D eigenvalue weighted by Crippen LogP contribution is 2.27. The van der Waals surface area contributed by atoms with Crippen molar-refractivity contribution < 1.29 is 28.8 Å². The molecule has 0 aliphatic carbocycles. The molecule has 0 aromatic heterocycles. The number of aliphatic hydroxyl groups is 1. The zero-order chi connectivity index (χ0) is 21.1. The molecule has 0 spiro atoms. The summed E-state index contributed by atoms with van der Waals surface area (Å²) in [6.45, 7) is 2.38. The molecule has 0 bridgehead atoms. The van der Waals surface area contributed by atoms with E-state index >= 15 is 0 Å². The summed E-state index contributed by atoms with van der Waals surface area (Å²) in [7, 11) is 1.37. The van der Waals surface area contributed by atoms with E-state index in [0.29, 0.717) is 19.4 Å². The molecule has 0 amide bonds. The highest BCUT2D eigenvalue weighted by Gasteiger charge is 2.44. The number of rotatable bonds is 11. The molecule has 5 atom stereocenters. The molecule has 1 saturated heterocycles. The minimum absolute atomic E-state index is 0.225. The van der Waals surface area contributed by atoms with Crippen LogP contribution in [0.5, 0.6) is 0 Å². The van der Waals surface area contributed by atoms with Gasteiger partial charge in [0.25, 0.3) is 0 Å². The lowest BCUT2D eigenvalue weighted by Gasteiger charge is -2.41. The summed E-state index contributed by atoms with van der Waals surface area (Å²) in [5.41, 5.74) is 9.73. The summed E-state index contributed by atoms with van der Waals surface area (Å²) in [4.78, 5) is 13.9. The maximum absolute atomic E-state index is 11.1. The number of esters is 1. The minimum atomic E-state index is -1.05. The van der Waals surface area contributed by atoms with Gasteiger partial charge in [0.05, 0.1) is 32.0 Å². The number of aliphatic hydroxyl groups excluding tert-OH is 1. The normalized spacial score (nSPS) is 26.5. The quantitative estimate of drug-likeness (QED) is 0.198. The molecule has 0 radical (unpaired) electrons. The second kappa shape index (κ2) is 12.4. The van der Waals surface area contributed by atoms with E-state index in [0.717, 1.165) is 18.4 Å². The van der Waals surface area contributed by atoms with Crippen LogP contribution in [-0.2, 0) is 30.3 Å². The zero-order valence-electron chi connectivity index (χ0n) is 16.8. The number of nitrogens with zero attached hydrogens (tertiary/aromatic N) is 3. The summed E-state index contributed by atoms with van der Waals surface area (Å²) < 4.78 is 22.2. The highest BCUT2D eigenvalue weighted by molar-refractivity contribution is 5.68. The second-order valence-corrected chi connectivity index (χ2v) is 6.91. The molecule has 9 heteroatoms. The van der Waals surface area contributed by atoms with Crippen molar-refractivity contribution in [3.05, 3.63) is 46.3 Å². The Morgan fingerprint density at radius 3 is 2.69 bits per heavy atom. The van der Waals surface area contributed by atoms with Crippen molar-refractivity contribution in [1.82, 2.24) is 0 Å². The van der Waals surface area contributed by atoms with Gasteiger partial charge in [-0.1, -0.05) is 41.9 Å². The number of azide groups is 1. The SMILES string of the molecule is COC(=O)CCCCCO[C@H]1OC(C)[C@@H](N=[N+]=[N-])[C@H](O)C1OCc1ccccc1. The third-order valence-electron chi connectivity index (χ3n) is 4.79. The third-order valence-corrected chi connectivity index (χ3v) is 4.79.